The van der Waals surface area contributed by atoms with E-state index in [1.807, 2.05) is 19.3 Å². The molecule has 0 aliphatic rings. The van der Waals surface area contributed by atoms with Crippen LogP contribution in [0.1, 0.15) is 16.2 Å². The van der Waals surface area contributed by atoms with Crippen LogP contribution in [0.3, 0.4) is 0 Å². The fourth-order valence-electron chi connectivity index (χ4n) is 1.68. The molecule has 20 heavy (non-hydrogen) atoms. The van der Waals surface area contributed by atoms with Crippen LogP contribution in [0.4, 0.5) is 5.82 Å². The van der Waals surface area contributed by atoms with Gasteiger partial charge in [-0.2, -0.15) is 5.10 Å². The molecule has 0 saturated heterocycles. The lowest BCUT2D eigenvalue weighted by Gasteiger charge is -2.09. The van der Waals surface area contributed by atoms with E-state index < -0.39 is 0 Å². The first-order valence-electron chi connectivity index (χ1n) is 6.34. The van der Waals surface area contributed by atoms with Crippen LogP contribution in [-0.4, -0.2) is 51.4 Å². The molecule has 106 valence electrons. The van der Waals surface area contributed by atoms with Crippen LogP contribution in [0.5, 0.6) is 0 Å². The molecule has 0 bridgehead atoms. The third-order valence-electron chi connectivity index (χ3n) is 2.75. The van der Waals surface area contributed by atoms with Gasteiger partial charge >= 0.3 is 0 Å². The fourth-order valence-corrected chi connectivity index (χ4v) is 1.68. The molecule has 2 heterocycles. The number of rotatable bonds is 5. The summed E-state index contributed by atoms with van der Waals surface area (Å²) in [4.78, 5) is 13.1. The highest BCUT2D eigenvalue weighted by Gasteiger charge is 2.09. The van der Waals surface area contributed by atoms with E-state index in [1.54, 1.807) is 30.9 Å². The Kier molecular flexibility index (Phi) is 4.29. The number of hydrogen-bond acceptors (Lipinski definition) is 5. The molecule has 0 spiro atoms. The van der Waals surface area contributed by atoms with Gasteiger partial charge in [-0.3, -0.25) is 9.48 Å². The highest BCUT2D eigenvalue weighted by atomic mass is 16.2. The summed E-state index contributed by atoms with van der Waals surface area (Å²) in [6, 6.07) is 5.40. The lowest BCUT2D eigenvalue weighted by Crippen LogP contribution is -2.23. The quantitative estimate of drug-likeness (QED) is 0.862. The summed E-state index contributed by atoms with van der Waals surface area (Å²) >= 11 is 0. The number of aromatic nitrogens is 4. The summed E-state index contributed by atoms with van der Waals surface area (Å²) in [5, 5.41) is 15.3. The van der Waals surface area contributed by atoms with Crippen molar-refractivity contribution in [1.29, 1.82) is 0 Å². The van der Waals surface area contributed by atoms with E-state index in [1.165, 1.54) is 4.90 Å². The first kappa shape index (κ1) is 14.0. The summed E-state index contributed by atoms with van der Waals surface area (Å²) in [5.74, 6) is 0.494. The van der Waals surface area contributed by atoms with Gasteiger partial charge in [0.2, 0.25) is 0 Å². The lowest BCUT2D eigenvalue weighted by atomic mass is 10.3. The summed E-state index contributed by atoms with van der Waals surface area (Å²) in [6.07, 6.45) is 2.72. The van der Waals surface area contributed by atoms with Crippen molar-refractivity contribution in [2.75, 3.05) is 26.0 Å². The van der Waals surface area contributed by atoms with Crippen molar-refractivity contribution in [3.63, 3.8) is 0 Å². The second kappa shape index (κ2) is 6.14. The molecule has 0 saturated carbocycles. The number of aryl methyl sites for hydroxylation is 1. The number of carbonyl (C=O) groups is 1. The zero-order valence-electron chi connectivity index (χ0n) is 11.9. The monoisotopic (exact) mass is 274 g/mol. The Hall–Kier alpha value is -2.44. The van der Waals surface area contributed by atoms with Crippen LogP contribution in [-0.2, 0) is 13.5 Å². The minimum atomic E-state index is -0.155. The van der Waals surface area contributed by atoms with E-state index >= 15 is 0 Å². The molecule has 2 aromatic heterocycles. The molecule has 1 N–H and O–H groups in total. The van der Waals surface area contributed by atoms with Crippen LogP contribution in [0.15, 0.2) is 24.4 Å². The Labute approximate surface area is 117 Å². The molecule has 0 aliphatic heterocycles. The number of nitrogens with zero attached hydrogens (tertiary/aromatic N) is 5. The van der Waals surface area contributed by atoms with Gasteiger partial charge in [0.1, 0.15) is 5.82 Å². The SMILES string of the molecule is CN(C)C(=O)c1ccc(NCCc2ccn(C)n2)nn1. The Morgan fingerprint density at radius 1 is 1.30 bits per heavy atom. The van der Waals surface area contributed by atoms with Crippen LogP contribution in [0, 0.1) is 0 Å². The molecular weight excluding hydrogens is 256 g/mol. The van der Waals surface area contributed by atoms with Gasteiger partial charge in [0, 0.05) is 40.3 Å². The third kappa shape index (κ3) is 3.53. The number of nitrogens with one attached hydrogen (secondary N) is 1. The largest absolute Gasteiger partial charge is 0.368 e. The number of anilines is 1. The molecular formula is C13H18N6O. The minimum Gasteiger partial charge on any atom is -0.368 e. The Morgan fingerprint density at radius 2 is 2.10 bits per heavy atom. The number of amides is 1. The molecule has 2 aromatic rings. The van der Waals surface area contributed by atoms with Crippen LogP contribution in [0.2, 0.25) is 0 Å². The molecule has 0 aliphatic carbocycles. The molecule has 0 aromatic carbocycles. The van der Waals surface area contributed by atoms with Crippen molar-refractivity contribution in [3.05, 3.63) is 35.8 Å². The Bertz CT molecular complexity index is 575. The van der Waals surface area contributed by atoms with Crippen molar-refractivity contribution in [3.8, 4) is 0 Å². The zero-order valence-corrected chi connectivity index (χ0v) is 11.9. The number of hydrogen-bond donors (Lipinski definition) is 1. The average Bonchev–Trinajstić information content (AvgIpc) is 2.84. The van der Waals surface area contributed by atoms with Crippen molar-refractivity contribution >= 4 is 11.7 Å². The van der Waals surface area contributed by atoms with Gasteiger partial charge < -0.3 is 10.2 Å². The van der Waals surface area contributed by atoms with Gasteiger partial charge in [0.05, 0.1) is 5.69 Å². The van der Waals surface area contributed by atoms with Gasteiger partial charge in [-0.05, 0) is 18.2 Å². The Morgan fingerprint density at radius 3 is 2.65 bits per heavy atom. The van der Waals surface area contributed by atoms with Crippen molar-refractivity contribution < 1.29 is 4.79 Å². The molecule has 2 rings (SSSR count). The first-order chi connectivity index (χ1) is 9.56. The van der Waals surface area contributed by atoms with Gasteiger partial charge in [0.15, 0.2) is 5.69 Å². The maximum Gasteiger partial charge on any atom is 0.273 e. The predicted octanol–water partition coefficient (Wildman–Crippen LogP) is 0.566. The van der Waals surface area contributed by atoms with E-state index in [0.29, 0.717) is 18.1 Å². The summed E-state index contributed by atoms with van der Waals surface area (Å²) < 4.78 is 1.77. The van der Waals surface area contributed by atoms with E-state index in [0.717, 1.165) is 12.1 Å². The maximum atomic E-state index is 11.6. The summed E-state index contributed by atoms with van der Waals surface area (Å²) in [5.41, 5.74) is 1.36. The van der Waals surface area contributed by atoms with Gasteiger partial charge in [-0.1, -0.05) is 0 Å². The van der Waals surface area contributed by atoms with Gasteiger partial charge in [-0.15, -0.1) is 10.2 Å². The van der Waals surface area contributed by atoms with Crippen molar-refractivity contribution in [1.82, 2.24) is 24.9 Å². The van der Waals surface area contributed by atoms with Gasteiger partial charge in [0.25, 0.3) is 5.91 Å². The summed E-state index contributed by atoms with van der Waals surface area (Å²) in [7, 11) is 5.26. The van der Waals surface area contributed by atoms with Crippen molar-refractivity contribution in [2.45, 2.75) is 6.42 Å². The molecule has 1 amide bonds. The Balaban J connectivity index is 1.86. The van der Waals surface area contributed by atoms with Gasteiger partial charge in [-0.25, -0.2) is 0 Å². The van der Waals surface area contributed by atoms with Crippen molar-refractivity contribution in [2.24, 2.45) is 7.05 Å². The predicted molar refractivity (Wildman–Crippen MR) is 75.5 cm³/mol. The van der Waals surface area contributed by atoms with Crippen LogP contribution >= 0.6 is 0 Å². The van der Waals surface area contributed by atoms with E-state index in [2.05, 4.69) is 20.6 Å². The minimum absolute atomic E-state index is 0.155. The average molecular weight is 274 g/mol. The molecule has 7 heteroatoms. The normalized spacial score (nSPS) is 10.3. The van der Waals surface area contributed by atoms with E-state index in [4.69, 9.17) is 0 Å². The third-order valence-corrected chi connectivity index (χ3v) is 2.75. The second-order valence-corrected chi connectivity index (χ2v) is 4.66. The lowest BCUT2D eigenvalue weighted by molar-refractivity contribution is 0.0821. The van der Waals surface area contributed by atoms with Crippen LogP contribution < -0.4 is 5.32 Å². The highest BCUT2D eigenvalue weighted by molar-refractivity contribution is 5.91. The molecule has 0 atom stereocenters. The van der Waals surface area contributed by atoms with Crippen LogP contribution in [0.25, 0.3) is 0 Å². The smallest absolute Gasteiger partial charge is 0.273 e. The standard InChI is InChI=1S/C13H18N6O/c1-18(2)13(20)11-4-5-12(16-15-11)14-8-6-10-7-9-19(3)17-10/h4-5,7,9H,6,8H2,1-3H3,(H,14,16). The summed E-state index contributed by atoms with van der Waals surface area (Å²) in [6.45, 7) is 0.715. The zero-order chi connectivity index (χ0) is 14.5. The molecule has 0 fully saturated rings. The second-order valence-electron chi connectivity index (χ2n) is 4.66. The number of carbonyl (C=O) groups excluding carboxylic acids is 1. The molecule has 0 unspecified atom stereocenters. The topological polar surface area (TPSA) is 75.9 Å². The van der Waals surface area contributed by atoms with E-state index in [9.17, 15) is 4.79 Å². The highest BCUT2D eigenvalue weighted by Crippen LogP contribution is 2.04. The maximum absolute atomic E-state index is 11.6. The molecule has 7 nitrogen and oxygen atoms in total. The first-order valence-corrected chi connectivity index (χ1v) is 6.34. The fraction of sp³-hybridized carbons (Fsp3) is 0.385. The van der Waals surface area contributed by atoms with E-state index in [-0.39, 0.29) is 5.91 Å². The molecule has 0 radical (unpaired) electrons.